The number of carbonyl (C=O) groups excluding carboxylic acids is 1. The molecule has 1 unspecified atom stereocenters. The van der Waals surface area contributed by atoms with Crippen molar-refractivity contribution in [2.45, 2.75) is 43.9 Å². The Morgan fingerprint density at radius 2 is 2.04 bits per heavy atom. The Labute approximate surface area is 158 Å². The number of ether oxygens (including phenoxy) is 2. The standard InChI is InChI=1S/C20H26N4O3/c25-13-23-7-8-26-19(12-23)18-10-14-9-17(11-21-20(14)22-18)27-16-3-5-24(6-4-16)15-1-2-15/h9-11,13,15-16,19H,1-8,12H2,(H,21,22). The number of amides is 1. The average molecular weight is 370 g/mol. The van der Waals surface area contributed by atoms with E-state index < -0.39 is 0 Å². The lowest BCUT2D eigenvalue weighted by atomic mass is 10.1. The molecule has 3 fully saturated rings. The van der Waals surface area contributed by atoms with Crippen LogP contribution >= 0.6 is 0 Å². The lowest BCUT2D eigenvalue weighted by molar-refractivity contribution is -0.125. The van der Waals surface area contributed by atoms with Gasteiger partial charge >= 0.3 is 0 Å². The second-order valence-electron chi connectivity index (χ2n) is 7.88. The first-order valence-corrected chi connectivity index (χ1v) is 9.99. The summed E-state index contributed by atoms with van der Waals surface area (Å²) >= 11 is 0. The second kappa shape index (κ2) is 7.13. The zero-order valence-corrected chi connectivity index (χ0v) is 15.5. The first-order valence-electron chi connectivity index (χ1n) is 9.99. The average Bonchev–Trinajstić information content (AvgIpc) is 3.47. The third kappa shape index (κ3) is 3.66. The van der Waals surface area contributed by atoms with Crippen molar-refractivity contribution in [3.8, 4) is 5.75 Å². The molecule has 1 N–H and O–H groups in total. The molecule has 27 heavy (non-hydrogen) atoms. The van der Waals surface area contributed by atoms with Crippen molar-refractivity contribution >= 4 is 17.4 Å². The van der Waals surface area contributed by atoms with Gasteiger partial charge in [0.15, 0.2) is 0 Å². The largest absolute Gasteiger partial charge is 0.489 e. The highest BCUT2D eigenvalue weighted by Gasteiger charge is 2.32. The number of hydrogen-bond acceptors (Lipinski definition) is 5. The van der Waals surface area contributed by atoms with E-state index in [0.29, 0.717) is 19.7 Å². The number of carbonyl (C=O) groups is 1. The van der Waals surface area contributed by atoms with Crippen molar-refractivity contribution in [1.29, 1.82) is 0 Å². The predicted octanol–water partition coefficient (Wildman–Crippen LogP) is 2.10. The number of hydrogen-bond donors (Lipinski definition) is 1. The SMILES string of the molecule is O=CN1CCOC(c2cc3cc(OC4CCN(C5CC5)CC4)cnc3[nH]2)C1. The van der Waals surface area contributed by atoms with Crippen molar-refractivity contribution in [2.75, 3.05) is 32.8 Å². The van der Waals surface area contributed by atoms with Crippen LogP contribution in [0.5, 0.6) is 5.75 Å². The van der Waals surface area contributed by atoms with Crippen molar-refractivity contribution < 1.29 is 14.3 Å². The lowest BCUT2D eigenvalue weighted by Gasteiger charge is -2.32. The number of rotatable bonds is 5. The van der Waals surface area contributed by atoms with E-state index in [1.807, 2.05) is 0 Å². The minimum atomic E-state index is -0.130. The highest BCUT2D eigenvalue weighted by atomic mass is 16.5. The number of H-pyrrole nitrogens is 1. The van der Waals surface area contributed by atoms with E-state index in [1.54, 1.807) is 11.1 Å². The zero-order valence-electron chi connectivity index (χ0n) is 15.5. The number of aromatic amines is 1. The maximum Gasteiger partial charge on any atom is 0.209 e. The molecule has 5 rings (SSSR count). The van der Waals surface area contributed by atoms with Gasteiger partial charge in [0.2, 0.25) is 6.41 Å². The fourth-order valence-electron chi connectivity index (χ4n) is 4.20. The Kier molecular flexibility index (Phi) is 4.49. The molecule has 3 aliphatic rings. The fraction of sp³-hybridized carbons (Fsp3) is 0.600. The van der Waals surface area contributed by atoms with Gasteiger partial charge in [0.1, 0.15) is 23.6 Å². The molecule has 1 atom stereocenters. The Hall–Kier alpha value is -2.12. The van der Waals surface area contributed by atoms with E-state index in [1.165, 1.54) is 12.8 Å². The minimum Gasteiger partial charge on any atom is -0.489 e. The number of pyridine rings is 1. The third-order valence-electron chi connectivity index (χ3n) is 5.90. The molecule has 7 heteroatoms. The fourth-order valence-corrected chi connectivity index (χ4v) is 4.20. The molecular formula is C20H26N4O3. The van der Waals surface area contributed by atoms with Gasteiger partial charge in [-0.3, -0.25) is 4.79 Å². The molecule has 7 nitrogen and oxygen atoms in total. The quantitative estimate of drug-likeness (QED) is 0.816. The highest BCUT2D eigenvalue weighted by molar-refractivity contribution is 5.78. The maximum atomic E-state index is 11.0. The van der Waals surface area contributed by atoms with E-state index in [2.05, 4.69) is 27.0 Å². The molecule has 4 heterocycles. The van der Waals surface area contributed by atoms with E-state index in [0.717, 1.165) is 60.9 Å². The maximum absolute atomic E-state index is 11.0. The van der Waals surface area contributed by atoms with Crippen LogP contribution in [0.2, 0.25) is 0 Å². The molecular weight excluding hydrogens is 344 g/mol. The molecule has 0 spiro atoms. The number of fused-ring (bicyclic) bond motifs is 1. The first-order chi connectivity index (χ1) is 13.3. The number of piperidine rings is 1. The molecule has 1 saturated carbocycles. The van der Waals surface area contributed by atoms with Crippen LogP contribution in [-0.4, -0.2) is 71.1 Å². The van der Waals surface area contributed by atoms with Gasteiger partial charge in [0.05, 0.1) is 19.3 Å². The molecule has 2 aliphatic heterocycles. The molecule has 1 amide bonds. The van der Waals surface area contributed by atoms with E-state index in [-0.39, 0.29) is 12.2 Å². The van der Waals surface area contributed by atoms with Crippen LogP contribution < -0.4 is 4.74 Å². The monoisotopic (exact) mass is 370 g/mol. The van der Waals surface area contributed by atoms with Crippen LogP contribution in [0.1, 0.15) is 37.5 Å². The summed E-state index contributed by atoms with van der Waals surface area (Å²) in [5, 5.41) is 1.02. The zero-order chi connectivity index (χ0) is 18.2. The molecule has 2 aromatic rings. The van der Waals surface area contributed by atoms with Gasteiger partial charge in [-0.2, -0.15) is 0 Å². The minimum absolute atomic E-state index is 0.130. The Morgan fingerprint density at radius 3 is 2.81 bits per heavy atom. The third-order valence-corrected chi connectivity index (χ3v) is 5.90. The molecule has 1 aliphatic carbocycles. The van der Waals surface area contributed by atoms with Gasteiger partial charge in [-0.1, -0.05) is 0 Å². The number of likely N-dealkylation sites (tertiary alicyclic amines) is 1. The summed E-state index contributed by atoms with van der Waals surface area (Å²) in [6, 6.07) is 4.96. The van der Waals surface area contributed by atoms with Crippen LogP contribution in [-0.2, 0) is 9.53 Å². The van der Waals surface area contributed by atoms with Crippen molar-refractivity contribution in [2.24, 2.45) is 0 Å². The predicted molar refractivity (Wildman–Crippen MR) is 101 cm³/mol. The summed E-state index contributed by atoms with van der Waals surface area (Å²) in [6.45, 7) is 4.06. The normalized spacial score (nSPS) is 25.0. The summed E-state index contributed by atoms with van der Waals surface area (Å²) in [6.07, 6.45) is 7.75. The van der Waals surface area contributed by atoms with Crippen LogP contribution in [0, 0.1) is 0 Å². The Morgan fingerprint density at radius 1 is 1.19 bits per heavy atom. The van der Waals surface area contributed by atoms with Gasteiger partial charge in [-0.05, 0) is 37.8 Å². The second-order valence-corrected chi connectivity index (χ2v) is 7.88. The molecule has 0 aromatic carbocycles. The highest BCUT2D eigenvalue weighted by Crippen LogP contribution is 2.31. The summed E-state index contributed by atoms with van der Waals surface area (Å²) in [4.78, 5) is 23.2. The van der Waals surface area contributed by atoms with E-state index in [4.69, 9.17) is 9.47 Å². The van der Waals surface area contributed by atoms with E-state index >= 15 is 0 Å². The van der Waals surface area contributed by atoms with Crippen LogP contribution in [0.3, 0.4) is 0 Å². The smallest absolute Gasteiger partial charge is 0.209 e. The van der Waals surface area contributed by atoms with Gasteiger partial charge in [0.25, 0.3) is 0 Å². The Balaban J connectivity index is 1.25. The number of morpholine rings is 1. The summed E-state index contributed by atoms with van der Waals surface area (Å²) in [5.74, 6) is 0.831. The summed E-state index contributed by atoms with van der Waals surface area (Å²) in [7, 11) is 0. The van der Waals surface area contributed by atoms with Crippen molar-refractivity contribution in [3.05, 3.63) is 24.0 Å². The van der Waals surface area contributed by atoms with E-state index in [9.17, 15) is 4.79 Å². The summed E-state index contributed by atoms with van der Waals surface area (Å²) < 4.78 is 12.0. The van der Waals surface area contributed by atoms with Gasteiger partial charge in [-0.15, -0.1) is 0 Å². The first kappa shape index (κ1) is 17.0. The molecule has 0 radical (unpaired) electrons. The molecule has 144 valence electrons. The van der Waals surface area contributed by atoms with Gasteiger partial charge in [0, 0.05) is 36.8 Å². The molecule has 2 saturated heterocycles. The van der Waals surface area contributed by atoms with Crippen LogP contribution in [0.15, 0.2) is 18.3 Å². The molecule has 0 bridgehead atoms. The summed E-state index contributed by atoms with van der Waals surface area (Å²) in [5.41, 5.74) is 1.78. The molecule has 2 aromatic heterocycles. The topological polar surface area (TPSA) is 70.7 Å². The van der Waals surface area contributed by atoms with Gasteiger partial charge < -0.3 is 24.3 Å². The van der Waals surface area contributed by atoms with Crippen molar-refractivity contribution in [3.63, 3.8) is 0 Å². The van der Waals surface area contributed by atoms with Crippen molar-refractivity contribution in [1.82, 2.24) is 19.8 Å². The van der Waals surface area contributed by atoms with Gasteiger partial charge in [-0.25, -0.2) is 4.98 Å². The Bertz CT molecular complexity index is 811. The van der Waals surface area contributed by atoms with Crippen LogP contribution in [0.25, 0.3) is 11.0 Å². The number of aromatic nitrogens is 2. The number of nitrogens with one attached hydrogen (secondary N) is 1. The van der Waals surface area contributed by atoms with Crippen LogP contribution in [0.4, 0.5) is 0 Å². The lowest BCUT2D eigenvalue weighted by Crippen LogP contribution is -2.39. The number of nitrogens with zero attached hydrogens (tertiary/aromatic N) is 3.